The van der Waals surface area contributed by atoms with Crippen LogP contribution >= 0.6 is 11.6 Å². The highest BCUT2D eigenvalue weighted by Crippen LogP contribution is 2.23. The summed E-state index contributed by atoms with van der Waals surface area (Å²) < 4.78 is 13.5. The summed E-state index contributed by atoms with van der Waals surface area (Å²) >= 11 is 5.68. The second kappa shape index (κ2) is 6.36. The predicted molar refractivity (Wildman–Crippen MR) is 70.7 cm³/mol. The van der Waals surface area contributed by atoms with Gasteiger partial charge in [0.2, 0.25) is 0 Å². The van der Waals surface area contributed by atoms with Crippen LogP contribution in [0.4, 0.5) is 4.39 Å². The molecule has 17 heavy (non-hydrogen) atoms. The van der Waals surface area contributed by atoms with Crippen LogP contribution < -0.4 is 0 Å². The SMILES string of the molecule is CC.Cc1cccc(-c2ccc(Cl)cc2F)n1. The van der Waals surface area contributed by atoms with E-state index in [0.29, 0.717) is 16.3 Å². The van der Waals surface area contributed by atoms with Crippen LogP contribution in [0.15, 0.2) is 36.4 Å². The van der Waals surface area contributed by atoms with Crippen molar-refractivity contribution < 1.29 is 4.39 Å². The van der Waals surface area contributed by atoms with Gasteiger partial charge in [-0.25, -0.2) is 4.39 Å². The van der Waals surface area contributed by atoms with Crippen molar-refractivity contribution in [3.8, 4) is 11.3 Å². The number of pyridine rings is 1. The van der Waals surface area contributed by atoms with E-state index >= 15 is 0 Å². The van der Waals surface area contributed by atoms with Gasteiger partial charge in [0.05, 0.1) is 5.69 Å². The van der Waals surface area contributed by atoms with Gasteiger partial charge in [-0.15, -0.1) is 0 Å². The molecule has 90 valence electrons. The molecule has 0 saturated carbocycles. The van der Waals surface area contributed by atoms with Gasteiger partial charge in [-0.2, -0.15) is 0 Å². The molecule has 1 aromatic carbocycles. The molecule has 2 rings (SSSR count). The van der Waals surface area contributed by atoms with Gasteiger partial charge in [0, 0.05) is 16.3 Å². The van der Waals surface area contributed by atoms with Crippen LogP contribution in [-0.4, -0.2) is 4.98 Å². The van der Waals surface area contributed by atoms with Gasteiger partial charge < -0.3 is 0 Å². The maximum atomic E-state index is 13.5. The highest BCUT2D eigenvalue weighted by Gasteiger charge is 2.06. The van der Waals surface area contributed by atoms with Crippen molar-refractivity contribution in [1.29, 1.82) is 0 Å². The zero-order valence-corrected chi connectivity index (χ0v) is 10.9. The molecule has 0 amide bonds. The van der Waals surface area contributed by atoms with Gasteiger partial charge >= 0.3 is 0 Å². The fraction of sp³-hybridized carbons (Fsp3) is 0.214. The number of aryl methyl sites for hydroxylation is 1. The first-order chi connectivity index (χ1) is 8.16. The molecule has 0 N–H and O–H groups in total. The maximum Gasteiger partial charge on any atom is 0.134 e. The van der Waals surface area contributed by atoms with Crippen LogP contribution in [0.5, 0.6) is 0 Å². The standard InChI is InChI=1S/C12H9ClFN.C2H6/c1-8-3-2-4-12(15-8)10-6-5-9(13)7-11(10)14;1-2/h2-7H,1H3;1-2H3. The average Bonchev–Trinajstić information content (AvgIpc) is 2.31. The smallest absolute Gasteiger partial charge is 0.134 e. The Kier molecular flexibility index (Phi) is 5.11. The molecule has 0 bridgehead atoms. The first-order valence-corrected chi connectivity index (χ1v) is 5.94. The van der Waals surface area contributed by atoms with E-state index in [2.05, 4.69) is 4.98 Å². The number of aromatic nitrogens is 1. The zero-order chi connectivity index (χ0) is 12.8. The molecular weight excluding hydrogens is 237 g/mol. The second-order valence-corrected chi connectivity index (χ2v) is 3.72. The Morgan fingerprint density at radius 1 is 1.12 bits per heavy atom. The third-order valence-corrected chi connectivity index (χ3v) is 2.33. The van der Waals surface area contributed by atoms with Crippen LogP contribution in [0, 0.1) is 12.7 Å². The summed E-state index contributed by atoms with van der Waals surface area (Å²) in [6, 6.07) is 10.1. The van der Waals surface area contributed by atoms with Crippen molar-refractivity contribution in [1.82, 2.24) is 4.98 Å². The molecule has 3 heteroatoms. The Hall–Kier alpha value is -1.41. The van der Waals surface area contributed by atoms with Gasteiger partial charge in [-0.3, -0.25) is 4.98 Å². The molecule has 1 nitrogen and oxygen atoms in total. The maximum absolute atomic E-state index is 13.5. The summed E-state index contributed by atoms with van der Waals surface area (Å²) in [5.74, 6) is -0.347. The van der Waals surface area contributed by atoms with Crippen molar-refractivity contribution in [2.24, 2.45) is 0 Å². The van der Waals surface area contributed by atoms with Crippen molar-refractivity contribution in [3.63, 3.8) is 0 Å². The Labute approximate surface area is 106 Å². The van der Waals surface area contributed by atoms with Crippen molar-refractivity contribution in [3.05, 3.63) is 52.9 Å². The number of rotatable bonds is 1. The van der Waals surface area contributed by atoms with E-state index in [1.165, 1.54) is 6.07 Å². The Morgan fingerprint density at radius 2 is 1.82 bits per heavy atom. The summed E-state index contributed by atoms with van der Waals surface area (Å²) in [5.41, 5.74) is 1.97. The Balaban J connectivity index is 0.000000686. The topological polar surface area (TPSA) is 12.9 Å². The van der Waals surface area contributed by atoms with E-state index in [1.807, 2.05) is 32.9 Å². The molecule has 0 aliphatic heterocycles. The molecule has 0 aliphatic carbocycles. The van der Waals surface area contributed by atoms with E-state index in [9.17, 15) is 4.39 Å². The summed E-state index contributed by atoms with van der Waals surface area (Å²) in [6.07, 6.45) is 0. The molecule has 1 aromatic heterocycles. The van der Waals surface area contributed by atoms with Crippen LogP contribution in [0.2, 0.25) is 5.02 Å². The number of nitrogens with zero attached hydrogens (tertiary/aromatic N) is 1. The molecule has 0 atom stereocenters. The van der Waals surface area contributed by atoms with Crippen molar-refractivity contribution in [2.75, 3.05) is 0 Å². The minimum atomic E-state index is -0.347. The largest absolute Gasteiger partial charge is 0.253 e. The van der Waals surface area contributed by atoms with E-state index in [4.69, 9.17) is 11.6 Å². The zero-order valence-electron chi connectivity index (χ0n) is 10.2. The molecule has 0 fully saturated rings. The number of halogens is 2. The third kappa shape index (κ3) is 3.53. The lowest BCUT2D eigenvalue weighted by atomic mass is 10.1. The van der Waals surface area contributed by atoms with E-state index in [0.717, 1.165) is 5.69 Å². The molecule has 0 radical (unpaired) electrons. The number of benzene rings is 1. The van der Waals surface area contributed by atoms with E-state index < -0.39 is 0 Å². The fourth-order valence-corrected chi connectivity index (χ4v) is 1.55. The van der Waals surface area contributed by atoms with Crippen molar-refractivity contribution in [2.45, 2.75) is 20.8 Å². The van der Waals surface area contributed by atoms with E-state index in [-0.39, 0.29) is 5.82 Å². The molecular formula is C14H15ClFN. The summed E-state index contributed by atoms with van der Waals surface area (Å²) in [4.78, 5) is 4.25. The quantitative estimate of drug-likeness (QED) is 0.704. The number of hydrogen-bond acceptors (Lipinski definition) is 1. The Morgan fingerprint density at radius 3 is 2.41 bits per heavy atom. The van der Waals surface area contributed by atoms with Gasteiger partial charge in [-0.05, 0) is 37.3 Å². The predicted octanol–water partition coefficient (Wildman–Crippen LogP) is 4.88. The van der Waals surface area contributed by atoms with Gasteiger partial charge in [-0.1, -0.05) is 31.5 Å². The van der Waals surface area contributed by atoms with Crippen LogP contribution in [-0.2, 0) is 0 Å². The van der Waals surface area contributed by atoms with Crippen LogP contribution in [0.3, 0.4) is 0 Å². The van der Waals surface area contributed by atoms with Gasteiger partial charge in [0.25, 0.3) is 0 Å². The molecule has 0 aliphatic rings. The highest BCUT2D eigenvalue weighted by molar-refractivity contribution is 6.30. The van der Waals surface area contributed by atoms with E-state index in [1.54, 1.807) is 18.2 Å². The minimum Gasteiger partial charge on any atom is -0.253 e. The summed E-state index contributed by atoms with van der Waals surface area (Å²) in [7, 11) is 0. The first-order valence-electron chi connectivity index (χ1n) is 5.56. The molecule has 2 aromatic rings. The minimum absolute atomic E-state index is 0.347. The first kappa shape index (κ1) is 13.7. The molecule has 1 heterocycles. The second-order valence-electron chi connectivity index (χ2n) is 3.29. The van der Waals surface area contributed by atoms with Crippen LogP contribution in [0.25, 0.3) is 11.3 Å². The normalized spacial score (nSPS) is 9.47. The lowest BCUT2D eigenvalue weighted by Gasteiger charge is -2.03. The summed E-state index contributed by atoms with van der Waals surface area (Å²) in [6.45, 7) is 5.87. The lowest BCUT2D eigenvalue weighted by molar-refractivity contribution is 0.631. The summed E-state index contributed by atoms with van der Waals surface area (Å²) in [5, 5.41) is 0.393. The molecule has 0 unspecified atom stereocenters. The molecule has 0 saturated heterocycles. The third-order valence-electron chi connectivity index (χ3n) is 2.10. The van der Waals surface area contributed by atoms with Crippen LogP contribution in [0.1, 0.15) is 19.5 Å². The fourth-order valence-electron chi connectivity index (χ4n) is 1.39. The number of hydrogen-bond donors (Lipinski definition) is 0. The lowest BCUT2D eigenvalue weighted by Crippen LogP contribution is -1.89. The Bertz CT molecular complexity index is 497. The van der Waals surface area contributed by atoms with Crippen molar-refractivity contribution >= 4 is 11.6 Å². The average molecular weight is 252 g/mol. The monoisotopic (exact) mass is 251 g/mol. The highest BCUT2D eigenvalue weighted by atomic mass is 35.5. The molecule has 0 spiro atoms. The van der Waals surface area contributed by atoms with Gasteiger partial charge in [0.15, 0.2) is 0 Å². The van der Waals surface area contributed by atoms with Gasteiger partial charge in [0.1, 0.15) is 5.82 Å².